The summed E-state index contributed by atoms with van der Waals surface area (Å²) in [6.07, 6.45) is -1.43. The molecule has 2 rings (SSSR count). The van der Waals surface area contributed by atoms with Crippen LogP contribution in [0.25, 0.3) is 0 Å². The second kappa shape index (κ2) is 7.33. The molecular weight excluding hydrogens is 339 g/mol. The van der Waals surface area contributed by atoms with E-state index in [1.807, 2.05) is 0 Å². The van der Waals surface area contributed by atoms with Crippen LogP contribution in [0, 0.1) is 34.5 Å². The average Bonchev–Trinajstić information content (AvgIpc) is 2.52. The van der Waals surface area contributed by atoms with E-state index in [9.17, 15) is 28.1 Å². The average molecular weight is 353 g/mol. The number of nitro benzene ring substituents is 1. The fourth-order valence-electron chi connectivity index (χ4n) is 2.24. The van der Waals surface area contributed by atoms with E-state index >= 15 is 0 Å². The summed E-state index contributed by atoms with van der Waals surface area (Å²) >= 11 is 0. The minimum Gasteiger partial charge on any atom is -0.458 e. The molecule has 0 radical (unpaired) electrons. The molecule has 0 amide bonds. The molecular formula is C17H14F3NO4. The van der Waals surface area contributed by atoms with Gasteiger partial charge in [-0.3, -0.25) is 14.9 Å². The zero-order chi connectivity index (χ0) is 18.7. The molecule has 0 aliphatic rings. The van der Waals surface area contributed by atoms with Gasteiger partial charge in [-0.2, -0.15) is 0 Å². The number of esters is 1. The molecule has 0 saturated carbocycles. The monoisotopic (exact) mass is 353 g/mol. The predicted molar refractivity (Wildman–Crippen MR) is 82.4 cm³/mol. The molecule has 8 heteroatoms. The zero-order valence-corrected chi connectivity index (χ0v) is 13.4. The molecule has 1 atom stereocenters. The molecule has 2 aromatic carbocycles. The van der Waals surface area contributed by atoms with E-state index in [0.29, 0.717) is 23.3 Å². The number of hydrogen-bond donors (Lipinski definition) is 0. The number of ether oxygens (including phenoxy) is 1. The highest BCUT2D eigenvalue weighted by molar-refractivity contribution is 5.73. The molecule has 0 bridgehead atoms. The molecule has 0 heterocycles. The molecule has 25 heavy (non-hydrogen) atoms. The Bertz CT molecular complexity index is 839. The number of benzene rings is 2. The Morgan fingerprint density at radius 2 is 1.80 bits per heavy atom. The smallest absolute Gasteiger partial charge is 0.310 e. The van der Waals surface area contributed by atoms with Gasteiger partial charge in [-0.1, -0.05) is 12.1 Å². The number of carbonyl (C=O) groups is 1. The van der Waals surface area contributed by atoms with E-state index in [1.54, 1.807) is 13.0 Å². The lowest BCUT2D eigenvalue weighted by Crippen LogP contribution is -2.13. The number of aryl methyl sites for hydroxylation is 1. The number of rotatable bonds is 5. The minimum atomic E-state index is -1.35. The van der Waals surface area contributed by atoms with Crippen LogP contribution in [-0.4, -0.2) is 10.9 Å². The van der Waals surface area contributed by atoms with Crippen LogP contribution in [0.15, 0.2) is 30.3 Å². The third-order valence-electron chi connectivity index (χ3n) is 3.63. The highest BCUT2D eigenvalue weighted by Gasteiger charge is 2.19. The Morgan fingerprint density at radius 1 is 1.16 bits per heavy atom. The summed E-state index contributed by atoms with van der Waals surface area (Å²) in [6.45, 7) is 3.07. The summed E-state index contributed by atoms with van der Waals surface area (Å²) in [5.74, 6) is -4.56. The van der Waals surface area contributed by atoms with Crippen LogP contribution >= 0.6 is 0 Å². The van der Waals surface area contributed by atoms with Crippen molar-refractivity contribution < 1.29 is 27.6 Å². The standard InChI is InChI=1S/C17H14F3NO4/c1-9-3-4-11(6-16(9)21(23)24)10(2)25-17(22)7-12-5-14(19)15(20)8-13(12)18/h3-6,8,10H,7H2,1-2H3/t10-/m0/s1. The van der Waals surface area contributed by atoms with Crippen molar-refractivity contribution in [3.05, 3.63) is 74.6 Å². The Hall–Kier alpha value is -2.90. The first kappa shape index (κ1) is 18.4. The summed E-state index contributed by atoms with van der Waals surface area (Å²) < 4.78 is 44.7. The van der Waals surface area contributed by atoms with Crippen LogP contribution < -0.4 is 0 Å². The van der Waals surface area contributed by atoms with E-state index in [1.165, 1.54) is 19.1 Å². The normalized spacial score (nSPS) is 11.9. The first-order valence-electron chi connectivity index (χ1n) is 7.27. The summed E-state index contributed by atoms with van der Waals surface area (Å²) in [4.78, 5) is 22.3. The second-order valence-corrected chi connectivity index (χ2v) is 5.47. The zero-order valence-electron chi connectivity index (χ0n) is 13.4. The van der Waals surface area contributed by atoms with E-state index in [4.69, 9.17) is 4.74 Å². The summed E-state index contributed by atoms with van der Waals surface area (Å²) in [5.41, 5.74) is 0.380. The highest BCUT2D eigenvalue weighted by atomic mass is 19.2. The van der Waals surface area contributed by atoms with E-state index in [2.05, 4.69) is 0 Å². The molecule has 0 aliphatic heterocycles. The van der Waals surface area contributed by atoms with Crippen molar-refractivity contribution in [1.82, 2.24) is 0 Å². The summed E-state index contributed by atoms with van der Waals surface area (Å²) in [6, 6.07) is 5.31. The lowest BCUT2D eigenvalue weighted by Gasteiger charge is -2.14. The number of nitro groups is 1. The van der Waals surface area contributed by atoms with Crippen LogP contribution in [0.3, 0.4) is 0 Å². The Balaban J connectivity index is 2.12. The fourth-order valence-corrected chi connectivity index (χ4v) is 2.24. The molecule has 2 aromatic rings. The van der Waals surface area contributed by atoms with Gasteiger partial charge in [-0.25, -0.2) is 13.2 Å². The van der Waals surface area contributed by atoms with Crippen LogP contribution in [0.2, 0.25) is 0 Å². The first-order chi connectivity index (χ1) is 11.7. The van der Waals surface area contributed by atoms with Crippen molar-refractivity contribution in [2.75, 3.05) is 0 Å². The van der Waals surface area contributed by atoms with Gasteiger partial charge < -0.3 is 4.74 Å². The van der Waals surface area contributed by atoms with Crippen molar-refractivity contribution in [1.29, 1.82) is 0 Å². The van der Waals surface area contributed by atoms with Crippen molar-refractivity contribution in [3.8, 4) is 0 Å². The van der Waals surface area contributed by atoms with Crippen LogP contribution in [0.1, 0.15) is 29.7 Å². The van der Waals surface area contributed by atoms with Crippen LogP contribution in [0.4, 0.5) is 18.9 Å². The predicted octanol–water partition coefficient (Wildman–Crippen LogP) is 4.17. The van der Waals surface area contributed by atoms with Gasteiger partial charge in [0.1, 0.15) is 11.9 Å². The third-order valence-corrected chi connectivity index (χ3v) is 3.63. The van der Waals surface area contributed by atoms with E-state index in [0.717, 1.165) is 0 Å². The molecule has 0 unspecified atom stereocenters. The molecule has 132 valence electrons. The Morgan fingerprint density at radius 3 is 2.44 bits per heavy atom. The number of nitrogens with zero attached hydrogens (tertiary/aromatic N) is 1. The summed E-state index contributed by atoms with van der Waals surface area (Å²) in [7, 11) is 0. The molecule has 0 saturated heterocycles. The highest BCUT2D eigenvalue weighted by Crippen LogP contribution is 2.25. The first-order valence-corrected chi connectivity index (χ1v) is 7.27. The third kappa shape index (κ3) is 4.34. The lowest BCUT2D eigenvalue weighted by molar-refractivity contribution is -0.385. The molecule has 0 aromatic heterocycles. The van der Waals surface area contributed by atoms with E-state index < -0.39 is 40.9 Å². The number of halogens is 3. The minimum absolute atomic E-state index is 0.118. The molecule has 0 fully saturated rings. The van der Waals surface area contributed by atoms with Gasteiger partial charge in [0, 0.05) is 23.3 Å². The maximum Gasteiger partial charge on any atom is 0.310 e. The van der Waals surface area contributed by atoms with Crippen molar-refractivity contribution in [2.24, 2.45) is 0 Å². The number of hydrogen-bond acceptors (Lipinski definition) is 4. The quantitative estimate of drug-likeness (QED) is 0.350. The maximum atomic E-state index is 13.5. The lowest BCUT2D eigenvalue weighted by atomic mass is 10.1. The molecule has 0 aliphatic carbocycles. The number of carbonyl (C=O) groups excluding carboxylic acids is 1. The SMILES string of the molecule is Cc1ccc([C@H](C)OC(=O)Cc2cc(F)c(F)cc2F)cc1[N+](=O)[O-]. The van der Waals surface area contributed by atoms with Crippen molar-refractivity contribution in [2.45, 2.75) is 26.4 Å². The fraction of sp³-hybridized carbons (Fsp3) is 0.235. The van der Waals surface area contributed by atoms with Gasteiger partial charge in [0.15, 0.2) is 11.6 Å². The van der Waals surface area contributed by atoms with Crippen molar-refractivity contribution in [3.63, 3.8) is 0 Å². The second-order valence-electron chi connectivity index (χ2n) is 5.47. The topological polar surface area (TPSA) is 69.4 Å². The van der Waals surface area contributed by atoms with Gasteiger partial charge in [0.05, 0.1) is 11.3 Å². The molecule has 0 spiro atoms. The van der Waals surface area contributed by atoms with Gasteiger partial charge in [-0.05, 0) is 25.5 Å². The van der Waals surface area contributed by atoms with Gasteiger partial charge in [0.25, 0.3) is 5.69 Å². The maximum absolute atomic E-state index is 13.5. The molecule has 5 nitrogen and oxygen atoms in total. The van der Waals surface area contributed by atoms with Crippen LogP contribution in [0.5, 0.6) is 0 Å². The van der Waals surface area contributed by atoms with Crippen molar-refractivity contribution >= 4 is 11.7 Å². The van der Waals surface area contributed by atoms with Gasteiger partial charge in [-0.15, -0.1) is 0 Å². The van der Waals surface area contributed by atoms with Gasteiger partial charge in [0.2, 0.25) is 0 Å². The van der Waals surface area contributed by atoms with Crippen LogP contribution in [-0.2, 0) is 16.0 Å². The Labute approximate surface area is 141 Å². The van der Waals surface area contributed by atoms with Gasteiger partial charge >= 0.3 is 5.97 Å². The largest absolute Gasteiger partial charge is 0.458 e. The molecule has 0 N–H and O–H groups in total. The van der Waals surface area contributed by atoms with E-state index in [-0.39, 0.29) is 11.3 Å². The Kier molecular flexibility index (Phi) is 5.41. The summed E-state index contributed by atoms with van der Waals surface area (Å²) in [5, 5.41) is 10.9.